The standard InChI is InChI=1S/C20H23NO3S/c1-15-3-6-18(7-4-15)25-14-17-13-16(5-8-19(17)23-2)20(22)21-9-11-24-12-10-21/h3-8,13H,9-12,14H2,1-2H3. The van der Waals surface area contributed by atoms with E-state index in [1.165, 1.54) is 10.5 Å². The highest BCUT2D eigenvalue weighted by Crippen LogP contribution is 2.29. The lowest BCUT2D eigenvalue weighted by molar-refractivity contribution is 0.0303. The molecule has 0 radical (unpaired) electrons. The fourth-order valence-electron chi connectivity index (χ4n) is 2.77. The highest BCUT2D eigenvalue weighted by molar-refractivity contribution is 7.98. The Hall–Kier alpha value is -1.98. The minimum Gasteiger partial charge on any atom is -0.496 e. The SMILES string of the molecule is COc1ccc(C(=O)N2CCOCC2)cc1CSc1ccc(C)cc1. The predicted octanol–water partition coefficient (Wildman–Crippen LogP) is 3.77. The molecule has 1 aliphatic heterocycles. The molecule has 0 unspecified atom stereocenters. The molecule has 0 N–H and O–H groups in total. The molecule has 25 heavy (non-hydrogen) atoms. The number of aryl methyl sites for hydroxylation is 1. The van der Waals surface area contributed by atoms with Crippen LogP contribution in [0.3, 0.4) is 0 Å². The molecule has 2 aromatic rings. The zero-order valence-corrected chi connectivity index (χ0v) is 15.5. The second-order valence-corrected chi connectivity index (χ2v) is 7.08. The van der Waals surface area contributed by atoms with Gasteiger partial charge in [0.2, 0.25) is 0 Å². The first-order valence-electron chi connectivity index (χ1n) is 8.41. The van der Waals surface area contributed by atoms with Crippen LogP contribution in [0.15, 0.2) is 47.4 Å². The average Bonchev–Trinajstić information content (AvgIpc) is 2.67. The van der Waals surface area contributed by atoms with Crippen molar-refractivity contribution < 1.29 is 14.3 Å². The van der Waals surface area contributed by atoms with Crippen LogP contribution in [0.4, 0.5) is 0 Å². The first kappa shape index (κ1) is 17.8. The fraction of sp³-hybridized carbons (Fsp3) is 0.350. The number of amides is 1. The lowest BCUT2D eigenvalue weighted by Gasteiger charge is -2.27. The Morgan fingerprint density at radius 1 is 1.16 bits per heavy atom. The molecule has 0 aliphatic carbocycles. The van der Waals surface area contributed by atoms with Gasteiger partial charge in [-0.15, -0.1) is 11.8 Å². The second-order valence-electron chi connectivity index (χ2n) is 6.03. The van der Waals surface area contributed by atoms with Crippen molar-refractivity contribution in [2.75, 3.05) is 33.4 Å². The maximum atomic E-state index is 12.7. The summed E-state index contributed by atoms with van der Waals surface area (Å²) in [6.45, 7) is 4.60. The molecule has 0 atom stereocenters. The van der Waals surface area contributed by atoms with E-state index in [1.54, 1.807) is 18.9 Å². The number of nitrogens with zero attached hydrogens (tertiary/aromatic N) is 1. The summed E-state index contributed by atoms with van der Waals surface area (Å²) < 4.78 is 10.8. The first-order valence-corrected chi connectivity index (χ1v) is 9.39. The number of morpholine rings is 1. The summed E-state index contributed by atoms with van der Waals surface area (Å²) in [5.41, 5.74) is 2.99. The van der Waals surface area contributed by atoms with Crippen molar-refractivity contribution in [3.8, 4) is 5.75 Å². The van der Waals surface area contributed by atoms with Crippen LogP contribution in [0, 0.1) is 6.92 Å². The van der Waals surface area contributed by atoms with Crippen molar-refractivity contribution >= 4 is 17.7 Å². The van der Waals surface area contributed by atoms with E-state index in [9.17, 15) is 4.79 Å². The molecule has 1 aliphatic rings. The minimum absolute atomic E-state index is 0.0625. The zero-order chi connectivity index (χ0) is 17.6. The van der Waals surface area contributed by atoms with Crippen LogP contribution in [-0.4, -0.2) is 44.2 Å². The second kappa shape index (κ2) is 8.41. The smallest absolute Gasteiger partial charge is 0.254 e. The van der Waals surface area contributed by atoms with E-state index in [-0.39, 0.29) is 5.91 Å². The highest BCUT2D eigenvalue weighted by atomic mass is 32.2. The van der Waals surface area contributed by atoms with E-state index < -0.39 is 0 Å². The zero-order valence-electron chi connectivity index (χ0n) is 14.7. The number of hydrogen-bond acceptors (Lipinski definition) is 4. The Morgan fingerprint density at radius 3 is 2.56 bits per heavy atom. The molecule has 1 fully saturated rings. The molecule has 2 aromatic carbocycles. The average molecular weight is 357 g/mol. The molecule has 1 heterocycles. The van der Waals surface area contributed by atoms with E-state index in [0.29, 0.717) is 31.9 Å². The van der Waals surface area contributed by atoms with Crippen LogP contribution in [0.1, 0.15) is 21.5 Å². The Bertz CT molecular complexity index is 724. The van der Waals surface area contributed by atoms with Crippen molar-refractivity contribution in [1.82, 2.24) is 4.90 Å². The molecule has 0 spiro atoms. The Balaban J connectivity index is 1.75. The van der Waals surface area contributed by atoms with E-state index in [0.717, 1.165) is 17.1 Å². The van der Waals surface area contributed by atoms with E-state index in [4.69, 9.17) is 9.47 Å². The van der Waals surface area contributed by atoms with Gasteiger partial charge in [-0.05, 0) is 37.3 Å². The first-order chi connectivity index (χ1) is 12.2. The van der Waals surface area contributed by atoms with Gasteiger partial charge in [0.15, 0.2) is 0 Å². The minimum atomic E-state index is 0.0625. The number of rotatable bonds is 5. The van der Waals surface area contributed by atoms with Crippen LogP contribution in [0.25, 0.3) is 0 Å². The van der Waals surface area contributed by atoms with Gasteiger partial charge in [0, 0.05) is 34.9 Å². The van der Waals surface area contributed by atoms with Gasteiger partial charge in [-0.2, -0.15) is 0 Å². The number of benzene rings is 2. The molecular formula is C20H23NO3S. The quantitative estimate of drug-likeness (QED) is 0.764. The molecule has 1 saturated heterocycles. The molecular weight excluding hydrogens is 334 g/mol. The lowest BCUT2D eigenvalue weighted by Crippen LogP contribution is -2.40. The molecule has 132 valence electrons. The molecule has 4 nitrogen and oxygen atoms in total. The van der Waals surface area contributed by atoms with Gasteiger partial charge in [-0.25, -0.2) is 0 Å². The third-order valence-corrected chi connectivity index (χ3v) is 5.30. The number of carbonyl (C=O) groups excluding carboxylic acids is 1. The number of carbonyl (C=O) groups is 1. The van der Waals surface area contributed by atoms with Gasteiger partial charge in [-0.3, -0.25) is 4.79 Å². The summed E-state index contributed by atoms with van der Waals surface area (Å²) in [6, 6.07) is 14.1. The normalized spacial score (nSPS) is 14.4. The van der Waals surface area contributed by atoms with Gasteiger partial charge < -0.3 is 14.4 Å². The molecule has 3 rings (SSSR count). The molecule has 0 aromatic heterocycles. The highest BCUT2D eigenvalue weighted by Gasteiger charge is 2.19. The molecule has 5 heteroatoms. The van der Waals surface area contributed by atoms with Gasteiger partial charge in [0.1, 0.15) is 5.75 Å². The topological polar surface area (TPSA) is 38.8 Å². The number of methoxy groups -OCH3 is 1. The van der Waals surface area contributed by atoms with E-state index >= 15 is 0 Å². The Labute approximate surface area is 153 Å². The maximum Gasteiger partial charge on any atom is 0.254 e. The molecule has 0 bridgehead atoms. The molecule has 0 saturated carbocycles. The van der Waals surface area contributed by atoms with Gasteiger partial charge in [0.05, 0.1) is 20.3 Å². The maximum absolute atomic E-state index is 12.7. The summed E-state index contributed by atoms with van der Waals surface area (Å²) in [5.74, 6) is 1.64. The van der Waals surface area contributed by atoms with Crippen LogP contribution < -0.4 is 4.74 Å². The lowest BCUT2D eigenvalue weighted by atomic mass is 10.1. The summed E-state index contributed by atoms with van der Waals surface area (Å²) >= 11 is 1.74. The predicted molar refractivity (Wildman–Crippen MR) is 100 cm³/mol. The van der Waals surface area contributed by atoms with Gasteiger partial charge in [0.25, 0.3) is 5.91 Å². The Morgan fingerprint density at radius 2 is 1.88 bits per heavy atom. The van der Waals surface area contributed by atoms with E-state index in [1.807, 2.05) is 23.1 Å². The fourth-order valence-corrected chi connectivity index (χ4v) is 3.65. The molecule has 1 amide bonds. The van der Waals surface area contributed by atoms with Gasteiger partial charge >= 0.3 is 0 Å². The van der Waals surface area contributed by atoms with Crippen molar-refractivity contribution in [2.45, 2.75) is 17.6 Å². The Kier molecular flexibility index (Phi) is 6.00. The van der Waals surface area contributed by atoms with Crippen LogP contribution in [-0.2, 0) is 10.5 Å². The van der Waals surface area contributed by atoms with Crippen molar-refractivity contribution in [2.24, 2.45) is 0 Å². The van der Waals surface area contributed by atoms with Crippen molar-refractivity contribution in [3.05, 3.63) is 59.2 Å². The third kappa shape index (κ3) is 4.55. The summed E-state index contributed by atoms with van der Waals surface area (Å²) in [5, 5.41) is 0. The van der Waals surface area contributed by atoms with Crippen molar-refractivity contribution in [3.63, 3.8) is 0 Å². The summed E-state index contributed by atoms with van der Waals surface area (Å²) in [7, 11) is 1.67. The van der Waals surface area contributed by atoms with Gasteiger partial charge in [-0.1, -0.05) is 17.7 Å². The van der Waals surface area contributed by atoms with Crippen LogP contribution in [0.5, 0.6) is 5.75 Å². The van der Waals surface area contributed by atoms with Crippen LogP contribution >= 0.6 is 11.8 Å². The van der Waals surface area contributed by atoms with Crippen LogP contribution in [0.2, 0.25) is 0 Å². The number of ether oxygens (including phenoxy) is 2. The number of hydrogen-bond donors (Lipinski definition) is 0. The van der Waals surface area contributed by atoms with Crippen molar-refractivity contribution in [1.29, 1.82) is 0 Å². The monoisotopic (exact) mass is 357 g/mol. The third-order valence-electron chi connectivity index (χ3n) is 4.24. The van der Waals surface area contributed by atoms with E-state index in [2.05, 4.69) is 31.2 Å². The number of thioether (sulfide) groups is 1. The largest absolute Gasteiger partial charge is 0.496 e. The summed E-state index contributed by atoms with van der Waals surface area (Å²) in [6.07, 6.45) is 0. The summed E-state index contributed by atoms with van der Waals surface area (Å²) in [4.78, 5) is 15.7.